The van der Waals surface area contributed by atoms with Crippen molar-refractivity contribution in [1.82, 2.24) is 15.0 Å². The highest BCUT2D eigenvalue weighted by molar-refractivity contribution is 5.55. The Kier molecular flexibility index (Phi) is 4.24. The van der Waals surface area contributed by atoms with E-state index in [-0.39, 0.29) is 10.6 Å². The zero-order valence-corrected chi connectivity index (χ0v) is 13.2. The lowest BCUT2D eigenvalue weighted by molar-refractivity contribution is -0.385. The number of nitro benzene ring substituents is 1. The molecule has 1 aromatic heterocycles. The zero-order chi connectivity index (χ0) is 16.4. The van der Waals surface area contributed by atoms with Gasteiger partial charge in [-0.25, -0.2) is 0 Å². The van der Waals surface area contributed by atoms with Crippen LogP contribution in [0.1, 0.15) is 17.3 Å². The van der Waals surface area contributed by atoms with Crippen LogP contribution in [0.5, 0.6) is 0 Å². The lowest BCUT2D eigenvalue weighted by Crippen LogP contribution is -2.46. The summed E-state index contributed by atoms with van der Waals surface area (Å²) >= 11 is 0. The fraction of sp³-hybridized carbons (Fsp3) is 0.467. The first-order valence-corrected chi connectivity index (χ1v) is 7.54. The SMILES string of the molecule is Cc1noc(CN2CCN(c3ccc([N+](=O)[O-])c(C)c3)CC2)n1. The van der Waals surface area contributed by atoms with E-state index < -0.39 is 0 Å². The van der Waals surface area contributed by atoms with Gasteiger partial charge in [-0.2, -0.15) is 4.98 Å². The van der Waals surface area contributed by atoms with Gasteiger partial charge in [0, 0.05) is 43.5 Å². The Labute approximate surface area is 133 Å². The van der Waals surface area contributed by atoms with Crippen molar-refractivity contribution < 1.29 is 9.45 Å². The van der Waals surface area contributed by atoms with Crippen molar-refractivity contribution in [3.05, 3.63) is 45.6 Å². The Bertz CT molecular complexity index is 707. The van der Waals surface area contributed by atoms with E-state index in [0.717, 1.165) is 31.9 Å². The molecule has 3 rings (SSSR count). The minimum absolute atomic E-state index is 0.166. The van der Waals surface area contributed by atoms with Gasteiger partial charge in [-0.3, -0.25) is 15.0 Å². The Morgan fingerprint density at radius 1 is 1.26 bits per heavy atom. The van der Waals surface area contributed by atoms with Crippen LogP contribution in [-0.2, 0) is 6.54 Å². The predicted molar refractivity (Wildman–Crippen MR) is 84.4 cm³/mol. The van der Waals surface area contributed by atoms with Crippen LogP contribution in [0.4, 0.5) is 11.4 Å². The van der Waals surface area contributed by atoms with E-state index in [1.165, 1.54) is 0 Å². The first-order chi connectivity index (χ1) is 11.0. The van der Waals surface area contributed by atoms with Gasteiger partial charge >= 0.3 is 0 Å². The molecule has 8 nitrogen and oxygen atoms in total. The van der Waals surface area contributed by atoms with Gasteiger partial charge in [-0.1, -0.05) is 5.16 Å². The lowest BCUT2D eigenvalue weighted by atomic mass is 10.1. The van der Waals surface area contributed by atoms with E-state index in [2.05, 4.69) is 19.9 Å². The molecule has 23 heavy (non-hydrogen) atoms. The summed E-state index contributed by atoms with van der Waals surface area (Å²) in [5, 5.41) is 14.7. The van der Waals surface area contributed by atoms with E-state index >= 15 is 0 Å². The summed E-state index contributed by atoms with van der Waals surface area (Å²) in [6.07, 6.45) is 0. The van der Waals surface area contributed by atoms with Crippen molar-refractivity contribution >= 4 is 11.4 Å². The third-order valence-electron chi connectivity index (χ3n) is 4.04. The summed E-state index contributed by atoms with van der Waals surface area (Å²) in [5.41, 5.74) is 1.89. The van der Waals surface area contributed by atoms with E-state index in [0.29, 0.717) is 23.8 Å². The fourth-order valence-corrected chi connectivity index (χ4v) is 2.80. The molecule has 122 valence electrons. The molecule has 0 radical (unpaired) electrons. The minimum atomic E-state index is -0.344. The van der Waals surface area contributed by atoms with Crippen molar-refractivity contribution in [2.45, 2.75) is 20.4 Å². The molecule has 8 heteroatoms. The zero-order valence-electron chi connectivity index (χ0n) is 13.2. The van der Waals surface area contributed by atoms with Gasteiger partial charge in [-0.15, -0.1) is 0 Å². The molecule has 0 atom stereocenters. The Hall–Kier alpha value is -2.48. The first-order valence-electron chi connectivity index (χ1n) is 7.54. The number of aryl methyl sites for hydroxylation is 2. The lowest BCUT2D eigenvalue weighted by Gasteiger charge is -2.35. The summed E-state index contributed by atoms with van der Waals surface area (Å²) in [4.78, 5) is 19.3. The maximum absolute atomic E-state index is 10.9. The smallest absolute Gasteiger partial charge is 0.272 e. The monoisotopic (exact) mass is 317 g/mol. The second kappa shape index (κ2) is 6.33. The van der Waals surface area contributed by atoms with Crippen LogP contribution in [-0.4, -0.2) is 46.1 Å². The molecular weight excluding hydrogens is 298 g/mol. The topological polar surface area (TPSA) is 88.5 Å². The van der Waals surface area contributed by atoms with E-state index in [9.17, 15) is 10.1 Å². The average Bonchev–Trinajstić information content (AvgIpc) is 2.92. The highest BCUT2D eigenvalue weighted by Crippen LogP contribution is 2.25. The van der Waals surface area contributed by atoms with Crippen LogP contribution in [0.2, 0.25) is 0 Å². The number of anilines is 1. The highest BCUT2D eigenvalue weighted by Gasteiger charge is 2.20. The van der Waals surface area contributed by atoms with Gasteiger partial charge in [-0.05, 0) is 26.0 Å². The summed E-state index contributed by atoms with van der Waals surface area (Å²) in [7, 11) is 0. The van der Waals surface area contributed by atoms with Crippen LogP contribution in [0.3, 0.4) is 0 Å². The quantitative estimate of drug-likeness (QED) is 0.628. The molecule has 1 fully saturated rings. The number of benzene rings is 1. The van der Waals surface area contributed by atoms with Crippen LogP contribution in [0, 0.1) is 24.0 Å². The van der Waals surface area contributed by atoms with Crippen molar-refractivity contribution in [2.75, 3.05) is 31.1 Å². The summed E-state index contributed by atoms with van der Waals surface area (Å²) in [5.74, 6) is 1.29. The van der Waals surface area contributed by atoms with Gasteiger partial charge in [0.1, 0.15) is 0 Å². The fourth-order valence-electron chi connectivity index (χ4n) is 2.80. The minimum Gasteiger partial charge on any atom is -0.369 e. The van der Waals surface area contributed by atoms with Crippen molar-refractivity contribution in [3.8, 4) is 0 Å². The van der Waals surface area contributed by atoms with Gasteiger partial charge in [0.25, 0.3) is 5.69 Å². The summed E-state index contributed by atoms with van der Waals surface area (Å²) < 4.78 is 5.15. The average molecular weight is 317 g/mol. The molecule has 0 unspecified atom stereocenters. The van der Waals surface area contributed by atoms with Crippen molar-refractivity contribution in [1.29, 1.82) is 0 Å². The molecule has 2 aromatic rings. The van der Waals surface area contributed by atoms with E-state index in [1.54, 1.807) is 13.0 Å². The van der Waals surface area contributed by atoms with Gasteiger partial charge in [0.05, 0.1) is 11.5 Å². The third kappa shape index (κ3) is 3.48. The number of rotatable bonds is 4. The second-order valence-electron chi connectivity index (χ2n) is 5.73. The standard InChI is InChI=1S/C15H19N5O3/c1-11-9-13(3-4-14(11)20(21)22)19-7-5-18(6-8-19)10-15-16-12(2)17-23-15/h3-4,9H,5-8,10H2,1-2H3. The molecule has 1 saturated heterocycles. The number of hydrogen-bond donors (Lipinski definition) is 0. The Morgan fingerprint density at radius 3 is 2.57 bits per heavy atom. The van der Waals surface area contributed by atoms with Crippen molar-refractivity contribution in [2.24, 2.45) is 0 Å². The number of nitrogens with zero attached hydrogens (tertiary/aromatic N) is 5. The molecule has 0 aliphatic carbocycles. The molecule has 0 bridgehead atoms. The molecule has 0 N–H and O–H groups in total. The van der Waals surface area contributed by atoms with Crippen LogP contribution in [0.15, 0.2) is 22.7 Å². The van der Waals surface area contributed by atoms with Gasteiger partial charge in [0.15, 0.2) is 5.82 Å². The largest absolute Gasteiger partial charge is 0.369 e. The van der Waals surface area contributed by atoms with E-state index in [4.69, 9.17) is 4.52 Å². The van der Waals surface area contributed by atoms with Crippen molar-refractivity contribution in [3.63, 3.8) is 0 Å². The molecule has 1 aliphatic rings. The van der Waals surface area contributed by atoms with Gasteiger partial charge < -0.3 is 9.42 Å². The number of piperazine rings is 1. The second-order valence-corrected chi connectivity index (χ2v) is 5.73. The van der Waals surface area contributed by atoms with E-state index in [1.807, 2.05) is 19.1 Å². The normalized spacial score (nSPS) is 15.8. The number of nitro groups is 1. The predicted octanol–water partition coefficient (Wildman–Crippen LogP) is 1.92. The maximum atomic E-state index is 10.9. The Morgan fingerprint density at radius 2 is 2.00 bits per heavy atom. The van der Waals surface area contributed by atoms with Crippen LogP contribution in [0.25, 0.3) is 0 Å². The third-order valence-corrected chi connectivity index (χ3v) is 4.04. The molecule has 0 spiro atoms. The highest BCUT2D eigenvalue weighted by atomic mass is 16.6. The molecule has 2 heterocycles. The van der Waals surface area contributed by atoms with Crippen LogP contribution < -0.4 is 4.90 Å². The maximum Gasteiger partial charge on any atom is 0.272 e. The number of aromatic nitrogens is 2. The first kappa shape index (κ1) is 15.4. The number of hydrogen-bond acceptors (Lipinski definition) is 7. The summed E-state index contributed by atoms with van der Waals surface area (Å²) in [6, 6.07) is 5.29. The van der Waals surface area contributed by atoms with Gasteiger partial charge in [0.2, 0.25) is 5.89 Å². The molecule has 0 saturated carbocycles. The summed E-state index contributed by atoms with van der Waals surface area (Å²) in [6.45, 7) is 7.75. The molecule has 1 aromatic carbocycles. The Balaban J connectivity index is 1.60. The molecular formula is C15H19N5O3. The molecule has 0 amide bonds. The van der Waals surface area contributed by atoms with Crippen LogP contribution >= 0.6 is 0 Å². The molecule has 1 aliphatic heterocycles.